The molecule has 0 aliphatic carbocycles. The zero-order valence-electron chi connectivity index (χ0n) is 13.1. The van der Waals surface area contributed by atoms with Crippen LogP contribution in [0.5, 0.6) is 0 Å². The number of benzene rings is 2. The first-order chi connectivity index (χ1) is 12.4. The maximum Gasteiger partial charge on any atom is 0.323 e. The molecule has 4 aromatic rings. The molecule has 2 aromatic heterocycles. The van der Waals surface area contributed by atoms with Crippen LogP contribution in [0, 0.1) is 0 Å². The summed E-state index contributed by atoms with van der Waals surface area (Å²) in [6.45, 7) is 0. The predicted octanol–water partition coefficient (Wildman–Crippen LogP) is 2.50. The van der Waals surface area contributed by atoms with Crippen LogP contribution >= 0.6 is 11.6 Å². The van der Waals surface area contributed by atoms with Gasteiger partial charge in [-0.15, -0.1) is 0 Å². The van der Waals surface area contributed by atoms with Crippen molar-refractivity contribution in [1.82, 2.24) is 19.7 Å². The highest BCUT2D eigenvalue weighted by Crippen LogP contribution is 2.27. The molecule has 2 aromatic carbocycles. The van der Waals surface area contributed by atoms with Gasteiger partial charge in [0.1, 0.15) is 0 Å². The maximum absolute atomic E-state index is 12.8. The van der Waals surface area contributed by atoms with Gasteiger partial charge in [0.15, 0.2) is 0 Å². The van der Waals surface area contributed by atoms with Gasteiger partial charge >= 0.3 is 5.69 Å². The molecule has 10 heteroatoms. The molecule has 26 heavy (non-hydrogen) atoms. The number of anilines is 1. The summed E-state index contributed by atoms with van der Waals surface area (Å²) in [7, 11) is -3.89. The van der Waals surface area contributed by atoms with Crippen molar-refractivity contribution < 1.29 is 8.42 Å². The van der Waals surface area contributed by atoms with Crippen LogP contribution in [-0.2, 0) is 10.0 Å². The Balaban J connectivity index is 1.77. The molecule has 0 radical (unpaired) electrons. The van der Waals surface area contributed by atoms with E-state index in [4.69, 9.17) is 11.6 Å². The van der Waals surface area contributed by atoms with Crippen LogP contribution in [0.25, 0.3) is 16.7 Å². The van der Waals surface area contributed by atoms with E-state index in [0.29, 0.717) is 27.4 Å². The lowest BCUT2D eigenvalue weighted by atomic mass is 10.3. The summed E-state index contributed by atoms with van der Waals surface area (Å²) in [6.07, 6.45) is 3.26. The van der Waals surface area contributed by atoms with Gasteiger partial charge in [-0.3, -0.25) is 4.72 Å². The summed E-state index contributed by atoms with van der Waals surface area (Å²) in [4.78, 5) is 16.5. The Bertz CT molecular complexity index is 1260. The SMILES string of the molecule is O=c1[nH]c2ccc(S(=O)(=O)Nc3ccc(Cl)cc3-n3cccn3)cc2[nH]1. The van der Waals surface area contributed by atoms with E-state index in [1.165, 1.54) is 22.9 Å². The van der Waals surface area contributed by atoms with Crippen molar-refractivity contribution in [3.63, 3.8) is 0 Å². The summed E-state index contributed by atoms with van der Waals surface area (Å²) in [6, 6.07) is 10.8. The van der Waals surface area contributed by atoms with E-state index in [2.05, 4.69) is 19.8 Å². The first kappa shape index (κ1) is 16.4. The Kier molecular flexibility index (Phi) is 3.82. The lowest BCUT2D eigenvalue weighted by Crippen LogP contribution is -2.15. The molecule has 0 unspecified atom stereocenters. The Morgan fingerprint density at radius 1 is 1.08 bits per heavy atom. The molecular weight excluding hydrogens is 378 g/mol. The van der Waals surface area contributed by atoms with E-state index in [9.17, 15) is 13.2 Å². The van der Waals surface area contributed by atoms with Gasteiger partial charge in [0.2, 0.25) is 0 Å². The lowest BCUT2D eigenvalue weighted by Gasteiger charge is -2.13. The standard InChI is InChI=1S/C16H12ClN5O3S/c17-10-2-4-13(15(8-10)22-7-1-6-18-22)21-26(24,25)11-3-5-12-14(9-11)20-16(23)19-12/h1-9,21H,(H2,19,20,23). The number of rotatable bonds is 4. The highest BCUT2D eigenvalue weighted by molar-refractivity contribution is 7.92. The minimum absolute atomic E-state index is 0.0154. The van der Waals surface area contributed by atoms with E-state index < -0.39 is 15.7 Å². The first-order valence-corrected chi connectivity index (χ1v) is 9.33. The quantitative estimate of drug-likeness (QED) is 0.497. The largest absolute Gasteiger partial charge is 0.323 e. The van der Waals surface area contributed by atoms with Gasteiger partial charge in [0, 0.05) is 17.4 Å². The lowest BCUT2D eigenvalue weighted by molar-refractivity contribution is 0.601. The van der Waals surface area contributed by atoms with Gasteiger partial charge in [0.05, 0.1) is 27.3 Å². The van der Waals surface area contributed by atoms with Gasteiger partial charge in [-0.25, -0.2) is 17.9 Å². The topological polar surface area (TPSA) is 113 Å². The molecule has 132 valence electrons. The zero-order chi connectivity index (χ0) is 18.3. The number of fused-ring (bicyclic) bond motifs is 1. The second kappa shape index (κ2) is 6.04. The molecule has 8 nitrogen and oxygen atoms in total. The molecule has 3 N–H and O–H groups in total. The Labute approximate surface area is 152 Å². The molecule has 0 fully saturated rings. The number of nitrogens with one attached hydrogen (secondary N) is 3. The molecule has 0 aliphatic rings. The Morgan fingerprint density at radius 3 is 2.65 bits per heavy atom. The van der Waals surface area contributed by atoms with Crippen LogP contribution in [0.1, 0.15) is 0 Å². The average Bonchev–Trinajstić information content (AvgIpc) is 3.23. The number of aromatic amines is 2. The maximum atomic E-state index is 12.8. The molecule has 0 saturated carbocycles. The minimum atomic E-state index is -3.89. The molecule has 0 bridgehead atoms. The smallest absolute Gasteiger partial charge is 0.306 e. The molecular formula is C16H12ClN5O3S. The number of hydrogen-bond donors (Lipinski definition) is 3. The van der Waals surface area contributed by atoms with E-state index in [1.807, 2.05) is 0 Å². The molecule has 0 saturated heterocycles. The van der Waals surface area contributed by atoms with Crippen LogP contribution in [0.15, 0.2) is 64.5 Å². The summed E-state index contributed by atoms with van der Waals surface area (Å²) in [5.41, 5.74) is 1.34. The number of sulfonamides is 1. The van der Waals surface area contributed by atoms with Crippen LogP contribution in [0.4, 0.5) is 5.69 Å². The molecule has 0 atom stereocenters. The second-order valence-corrected chi connectivity index (χ2v) is 7.62. The third-order valence-corrected chi connectivity index (χ3v) is 5.35. The van der Waals surface area contributed by atoms with E-state index in [1.54, 1.807) is 36.7 Å². The van der Waals surface area contributed by atoms with Crippen molar-refractivity contribution >= 4 is 38.3 Å². The number of imidazole rings is 1. The van der Waals surface area contributed by atoms with Crippen molar-refractivity contribution in [2.75, 3.05) is 4.72 Å². The summed E-state index contributed by atoms with van der Waals surface area (Å²) in [5.74, 6) is 0. The zero-order valence-corrected chi connectivity index (χ0v) is 14.7. The summed E-state index contributed by atoms with van der Waals surface area (Å²) in [5, 5.41) is 4.56. The molecule has 0 amide bonds. The summed E-state index contributed by atoms with van der Waals surface area (Å²) < 4.78 is 29.6. The molecule has 0 spiro atoms. The monoisotopic (exact) mass is 389 g/mol. The van der Waals surface area contributed by atoms with Crippen LogP contribution < -0.4 is 10.4 Å². The fraction of sp³-hybridized carbons (Fsp3) is 0. The number of nitrogens with zero attached hydrogens (tertiary/aromatic N) is 2. The predicted molar refractivity (Wildman–Crippen MR) is 98.3 cm³/mol. The first-order valence-electron chi connectivity index (χ1n) is 7.47. The van der Waals surface area contributed by atoms with E-state index in [-0.39, 0.29) is 4.90 Å². The van der Waals surface area contributed by atoms with Gasteiger partial charge in [0.25, 0.3) is 10.0 Å². The van der Waals surface area contributed by atoms with Crippen molar-refractivity contribution in [1.29, 1.82) is 0 Å². The fourth-order valence-electron chi connectivity index (χ4n) is 2.57. The number of aromatic nitrogens is 4. The average molecular weight is 390 g/mol. The number of H-pyrrole nitrogens is 2. The van der Waals surface area contributed by atoms with Crippen molar-refractivity contribution in [2.45, 2.75) is 4.90 Å². The highest BCUT2D eigenvalue weighted by atomic mass is 35.5. The fourth-order valence-corrected chi connectivity index (χ4v) is 3.84. The third-order valence-electron chi connectivity index (χ3n) is 3.75. The van der Waals surface area contributed by atoms with Crippen LogP contribution in [0.2, 0.25) is 5.02 Å². The van der Waals surface area contributed by atoms with Crippen molar-refractivity contribution in [3.8, 4) is 5.69 Å². The van der Waals surface area contributed by atoms with Gasteiger partial charge in [-0.2, -0.15) is 5.10 Å². The van der Waals surface area contributed by atoms with Crippen LogP contribution in [0.3, 0.4) is 0 Å². The number of halogens is 1. The van der Waals surface area contributed by atoms with Crippen molar-refractivity contribution in [3.05, 3.63) is 70.4 Å². The van der Waals surface area contributed by atoms with Gasteiger partial charge in [-0.1, -0.05) is 11.6 Å². The molecule has 2 heterocycles. The van der Waals surface area contributed by atoms with Crippen LogP contribution in [-0.4, -0.2) is 28.2 Å². The van der Waals surface area contributed by atoms with Crippen molar-refractivity contribution in [2.24, 2.45) is 0 Å². The van der Waals surface area contributed by atoms with E-state index in [0.717, 1.165) is 0 Å². The second-order valence-electron chi connectivity index (χ2n) is 5.50. The molecule has 4 rings (SSSR count). The summed E-state index contributed by atoms with van der Waals surface area (Å²) >= 11 is 6.03. The Morgan fingerprint density at radius 2 is 1.88 bits per heavy atom. The normalized spacial score (nSPS) is 11.7. The highest BCUT2D eigenvalue weighted by Gasteiger charge is 2.18. The van der Waals surface area contributed by atoms with Gasteiger partial charge < -0.3 is 9.97 Å². The molecule has 0 aliphatic heterocycles. The minimum Gasteiger partial charge on any atom is -0.306 e. The third kappa shape index (κ3) is 2.98. The van der Waals surface area contributed by atoms with Gasteiger partial charge in [-0.05, 0) is 42.5 Å². The Hall–Kier alpha value is -3.04. The van der Waals surface area contributed by atoms with E-state index >= 15 is 0 Å². The number of hydrogen-bond acceptors (Lipinski definition) is 4.